The predicted molar refractivity (Wildman–Crippen MR) is 79.0 cm³/mol. The van der Waals surface area contributed by atoms with Gasteiger partial charge in [-0.25, -0.2) is 0 Å². The Morgan fingerprint density at radius 2 is 1.94 bits per heavy atom. The molecule has 0 spiro atoms. The van der Waals surface area contributed by atoms with Gasteiger partial charge in [0, 0.05) is 15.8 Å². The Morgan fingerprint density at radius 3 is 2.72 bits per heavy atom. The van der Waals surface area contributed by atoms with Crippen LogP contribution in [0.15, 0.2) is 30.3 Å². The second kappa shape index (κ2) is 4.87. The fourth-order valence-electron chi connectivity index (χ4n) is 2.75. The first-order chi connectivity index (χ1) is 8.75. The summed E-state index contributed by atoms with van der Waals surface area (Å²) in [5, 5.41) is 0. The number of aryl methyl sites for hydroxylation is 1. The molecule has 0 bridgehead atoms. The second-order valence-corrected chi connectivity index (χ2v) is 6.26. The smallest absolute Gasteiger partial charge is 0.0361 e. The standard InChI is InChI=1S/C16H19NS/c1-11(17)15-9-10-16(18-15)14-8-4-6-12-5-2-3-7-13(12)14/h4,6,8-11H,2-3,5,7,17H2,1H3. The van der Waals surface area contributed by atoms with Crippen molar-refractivity contribution in [2.24, 2.45) is 5.73 Å². The van der Waals surface area contributed by atoms with Gasteiger partial charge in [0.1, 0.15) is 0 Å². The molecule has 1 aromatic heterocycles. The highest BCUT2D eigenvalue weighted by atomic mass is 32.1. The largest absolute Gasteiger partial charge is 0.324 e. The number of thiophene rings is 1. The molecule has 0 amide bonds. The lowest BCUT2D eigenvalue weighted by atomic mass is 9.88. The Balaban J connectivity index is 2.05. The maximum Gasteiger partial charge on any atom is 0.0361 e. The zero-order valence-corrected chi connectivity index (χ0v) is 11.6. The summed E-state index contributed by atoms with van der Waals surface area (Å²) in [5.74, 6) is 0. The van der Waals surface area contributed by atoms with Gasteiger partial charge in [-0.3, -0.25) is 0 Å². The van der Waals surface area contributed by atoms with Gasteiger partial charge in [0.15, 0.2) is 0 Å². The lowest BCUT2D eigenvalue weighted by Crippen LogP contribution is -2.03. The second-order valence-electron chi connectivity index (χ2n) is 5.14. The molecule has 18 heavy (non-hydrogen) atoms. The monoisotopic (exact) mass is 257 g/mol. The van der Waals surface area contributed by atoms with Crippen LogP contribution in [0.25, 0.3) is 10.4 Å². The van der Waals surface area contributed by atoms with Gasteiger partial charge in [-0.15, -0.1) is 11.3 Å². The lowest BCUT2D eigenvalue weighted by Gasteiger charge is -2.18. The van der Waals surface area contributed by atoms with Crippen LogP contribution >= 0.6 is 11.3 Å². The first-order valence-corrected chi connectivity index (χ1v) is 7.54. The van der Waals surface area contributed by atoms with Gasteiger partial charge in [-0.2, -0.15) is 0 Å². The van der Waals surface area contributed by atoms with Crippen LogP contribution in [-0.2, 0) is 12.8 Å². The van der Waals surface area contributed by atoms with E-state index < -0.39 is 0 Å². The predicted octanol–water partition coefficient (Wildman–Crippen LogP) is 4.31. The molecule has 0 saturated carbocycles. The fraction of sp³-hybridized carbons (Fsp3) is 0.375. The molecular formula is C16H19NS. The Kier molecular flexibility index (Phi) is 3.23. The van der Waals surface area contributed by atoms with Gasteiger partial charge in [0.2, 0.25) is 0 Å². The van der Waals surface area contributed by atoms with E-state index in [9.17, 15) is 0 Å². The number of nitrogens with two attached hydrogens (primary N) is 1. The van der Waals surface area contributed by atoms with E-state index in [4.69, 9.17) is 5.73 Å². The van der Waals surface area contributed by atoms with E-state index in [0.717, 1.165) is 0 Å². The summed E-state index contributed by atoms with van der Waals surface area (Å²) in [4.78, 5) is 2.65. The molecule has 3 rings (SSSR count). The molecule has 0 radical (unpaired) electrons. The summed E-state index contributed by atoms with van der Waals surface area (Å²) >= 11 is 1.84. The average molecular weight is 257 g/mol. The van der Waals surface area contributed by atoms with Crippen molar-refractivity contribution in [1.29, 1.82) is 0 Å². The third-order valence-corrected chi connectivity index (χ3v) is 5.06. The average Bonchev–Trinajstić information content (AvgIpc) is 2.87. The number of hydrogen-bond donors (Lipinski definition) is 1. The summed E-state index contributed by atoms with van der Waals surface area (Å²) in [6.07, 6.45) is 5.15. The Morgan fingerprint density at radius 1 is 1.11 bits per heavy atom. The van der Waals surface area contributed by atoms with Crippen LogP contribution in [0, 0.1) is 0 Å². The summed E-state index contributed by atoms with van der Waals surface area (Å²) in [5.41, 5.74) is 10.5. The highest BCUT2D eigenvalue weighted by molar-refractivity contribution is 7.15. The lowest BCUT2D eigenvalue weighted by molar-refractivity contribution is 0.687. The fourth-order valence-corrected chi connectivity index (χ4v) is 3.77. The minimum absolute atomic E-state index is 0.142. The minimum Gasteiger partial charge on any atom is -0.324 e. The molecule has 1 unspecified atom stereocenters. The first kappa shape index (κ1) is 11.9. The van der Waals surface area contributed by atoms with Crippen molar-refractivity contribution in [3.8, 4) is 10.4 Å². The molecule has 2 aromatic rings. The van der Waals surface area contributed by atoms with Crippen molar-refractivity contribution in [3.05, 3.63) is 46.3 Å². The summed E-state index contributed by atoms with van der Waals surface area (Å²) in [6.45, 7) is 2.05. The number of rotatable bonds is 2. The zero-order valence-electron chi connectivity index (χ0n) is 10.8. The first-order valence-electron chi connectivity index (χ1n) is 6.72. The van der Waals surface area contributed by atoms with Gasteiger partial charge < -0.3 is 5.73 Å². The van der Waals surface area contributed by atoms with Crippen LogP contribution in [-0.4, -0.2) is 0 Å². The van der Waals surface area contributed by atoms with E-state index in [-0.39, 0.29) is 6.04 Å². The Hall–Kier alpha value is -1.12. The minimum atomic E-state index is 0.142. The van der Waals surface area contributed by atoms with Gasteiger partial charge in [0.05, 0.1) is 0 Å². The Labute approximate surface area is 113 Å². The zero-order chi connectivity index (χ0) is 12.5. The third-order valence-electron chi connectivity index (χ3n) is 3.74. The molecule has 1 aliphatic rings. The van der Waals surface area contributed by atoms with Crippen LogP contribution in [0.3, 0.4) is 0 Å². The molecule has 0 fully saturated rings. The van der Waals surface area contributed by atoms with Gasteiger partial charge in [-0.1, -0.05) is 18.2 Å². The van der Waals surface area contributed by atoms with E-state index in [0.29, 0.717) is 0 Å². The van der Waals surface area contributed by atoms with Gasteiger partial charge in [0.25, 0.3) is 0 Å². The van der Waals surface area contributed by atoms with Crippen molar-refractivity contribution < 1.29 is 0 Å². The van der Waals surface area contributed by atoms with Crippen LogP contribution in [0.5, 0.6) is 0 Å². The number of fused-ring (bicyclic) bond motifs is 1. The molecule has 0 aliphatic heterocycles. The van der Waals surface area contributed by atoms with Gasteiger partial charge >= 0.3 is 0 Å². The molecule has 1 heterocycles. The van der Waals surface area contributed by atoms with E-state index in [1.54, 1.807) is 11.1 Å². The molecule has 1 atom stereocenters. The number of hydrogen-bond acceptors (Lipinski definition) is 2. The molecule has 1 nitrogen and oxygen atoms in total. The highest BCUT2D eigenvalue weighted by Gasteiger charge is 2.15. The van der Waals surface area contributed by atoms with Gasteiger partial charge in [-0.05, 0) is 61.4 Å². The van der Waals surface area contributed by atoms with E-state index in [2.05, 4.69) is 37.3 Å². The Bertz CT molecular complexity index is 554. The molecule has 1 aromatic carbocycles. The van der Waals surface area contributed by atoms with Crippen LogP contribution in [0.1, 0.15) is 41.8 Å². The van der Waals surface area contributed by atoms with Crippen LogP contribution < -0.4 is 5.73 Å². The van der Waals surface area contributed by atoms with Crippen LogP contribution in [0.2, 0.25) is 0 Å². The molecule has 94 valence electrons. The summed E-state index contributed by atoms with van der Waals surface area (Å²) < 4.78 is 0. The van der Waals surface area contributed by atoms with Crippen molar-refractivity contribution in [2.45, 2.75) is 38.6 Å². The van der Waals surface area contributed by atoms with Crippen molar-refractivity contribution >= 4 is 11.3 Å². The van der Waals surface area contributed by atoms with E-state index in [1.165, 1.54) is 41.0 Å². The summed E-state index contributed by atoms with van der Waals surface area (Å²) in [6, 6.07) is 11.3. The quantitative estimate of drug-likeness (QED) is 0.852. The van der Waals surface area contributed by atoms with Crippen molar-refractivity contribution in [1.82, 2.24) is 0 Å². The van der Waals surface area contributed by atoms with Crippen molar-refractivity contribution in [2.75, 3.05) is 0 Å². The molecule has 2 N–H and O–H groups in total. The molecule has 0 saturated heterocycles. The SMILES string of the molecule is CC(N)c1ccc(-c2cccc3c2CCCC3)s1. The van der Waals surface area contributed by atoms with E-state index >= 15 is 0 Å². The maximum atomic E-state index is 5.95. The summed E-state index contributed by atoms with van der Waals surface area (Å²) in [7, 11) is 0. The maximum absolute atomic E-state index is 5.95. The normalized spacial score (nSPS) is 16.3. The molecule has 1 aliphatic carbocycles. The number of benzene rings is 1. The third kappa shape index (κ3) is 2.11. The van der Waals surface area contributed by atoms with Crippen molar-refractivity contribution in [3.63, 3.8) is 0 Å². The van der Waals surface area contributed by atoms with E-state index in [1.807, 2.05) is 11.3 Å². The topological polar surface area (TPSA) is 26.0 Å². The molecular weight excluding hydrogens is 238 g/mol. The van der Waals surface area contributed by atoms with Crippen LogP contribution in [0.4, 0.5) is 0 Å². The molecule has 2 heteroatoms. The highest BCUT2D eigenvalue weighted by Crippen LogP contribution is 2.36.